The maximum Gasteiger partial charge on any atom is 0.163 e. The third-order valence-electron chi connectivity index (χ3n) is 4.63. The summed E-state index contributed by atoms with van der Waals surface area (Å²) in [5.74, 6) is 0.990. The highest BCUT2D eigenvalue weighted by molar-refractivity contribution is 5.89. The molecule has 0 unspecified atom stereocenters. The van der Waals surface area contributed by atoms with Crippen molar-refractivity contribution in [3.05, 3.63) is 29.5 Å². The van der Waals surface area contributed by atoms with Gasteiger partial charge >= 0.3 is 0 Å². The standard InChI is InChI=1S/C16H21N7/c1-10-7-11(2)23(19-10)13-5-6-22(8-13)16-14-12(3)20-21(4)15(14)17-9-18-16/h7,9,13H,5-6,8H2,1-4H3/t13-/m1/s1. The molecule has 120 valence electrons. The molecule has 0 N–H and O–H groups in total. The maximum absolute atomic E-state index is 4.65. The van der Waals surface area contributed by atoms with Crippen LogP contribution >= 0.6 is 0 Å². The van der Waals surface area contributed by atoms with Crippen molar-refractivity contribution in [3.63, 3.8) is 0 Å². The highest BCUT2D eigenvalue weighted by Gasteiger charge is 2.28. The van der Waals surface area contributed by atoms with E-state index in [2.05, 4.69) is 42.7 Å². The van der Waals surface area contributed by atoms with E-state index in [-0.39, 0.29) is 0 Å². The Labute approximate surface area is 134 Å². The van der Waals surface area contributed by atoms with Crippen molar-refractivity contribution in [2.24, 2.45) is 7.05 Å². The molecular weight excluding hydrogens is 290 g/mol. The molecule has 1 fully saturated rings. The van der Waals surface area contributed by atoms with Crippen molar-refractivity contribution >= 4 is 16.9 Å². The number of rotatable bonds is 2. The lowest BCUT2D eigenvalue weighted by molar-refractivity contribution is 0.481. The van der Waals surface area contributed by atoms with Crippen LogP contribution in [0, 0.1) is 20.8 Å². The van der Waals surface area contributed by atoms with Crippen molar-refractivity contribution in [1.29, 1.82) is 0 Å². The van der Waals surface area contributed by atoms with Crippen LogP contribution in [0.1, 0.15) is 29.5 Å². The summed E-state index contributed by atoms with van der Waals surface area (Å²) in [7, 11) is 1.93. The zero-order valence-electron chi connectivity index (χ0n) is 14.0. The lowest BCUT2D eigenvalue weighted by atomic mass is 10.2. The second-order valence-electron chi connectivity index (χ2n) is 6.37. The summed E-state index contributed by atoms with van der Waals surface area (Å²) in [5, 5.41) is 10.2. The summed E-state index contributed by atoms with van der Waals surface area (Å²) in [5.41, 5.74) is 4.17. The number of nitrogens with zero attached hydrogens (tertiary/aromatic N) is 7. The van der Waals surface area contributed by atoms with Crippen LogP contribution in [0.25, 0.3) is 11.0 Å². The molecule has 1 saturated heterocycles. The minimum absolute atomic E-state index is 0.394. The van der Waals surface area contributed by atoms with Crippen molar-refractivity contribution in [3.8, 4) is 0 Å². The van der Waals surface area contributed by atoms with Crippen LogP contribution in [0.5, 0.6) is 0 Å². The van der Waals surface area contributed by atoms with E-state index in [9.17, 15) is 0 Å². The Bertz CT molecular complexity index is 876. The van der Waals surface area contributed by atoms with Gasteiger partial charge in [-0.2, -0.15) is 10.2 Å². The molecule has 3 aromatic rings. The monoisotopic (exact) mass is 311 g/mol. The maximum atomic E-state index is 4.65. The number of aromatic nitrogens is 6. The van der Waals surface area contributed by atoms with Gasteiger partial charge in [-0.3, -0.25) is 9.36 Å². The molecule has 1 aliphatic rings. The number of anilines is 1. The first kappa shape index (κ1) is 14.2. The fourth-order valence-electron chi connectivity index (χ4n) is 3.65. The van der Waals surface area contributed by atoms with E-state index in [1.807, 2.05) is 25.6 Å². The first-order valence-corrected chi connectivity index (χ1v) is 7.96. The Morgan fingerprint density at radius 2 is 1.96 bits per heavy atom. The minimum atomic E-state index is 0.394. The first-order chi connectivity index (χ1) is 11.0. The lowest BCUT2D eigenvalue weighted by Crippen LogP contribution is -2.23. The molecule has 7 heteroatoms. The van der Waals surface area contributed by atoms with E-state index < -0.39 is 0 Å². The molecular formula is C16H21N7. The van der Waals surface area contributed by atoms with Gasteiger partial charge in [0.1, 0.15) is 12.1 Å². The van der Waals surface area contributed by atoms with Gasteiger partial charge in [0, 0.05) is 25.8 Å². The second-order valence-corrected chi connectivity index (χ2v) is 6.37. The van der Waals surface area contributed by atoms with Crippen LogP contribution in [0.15, 0.2) is 12.4 Å². The van der Waals surface area contributed by atoms with E-state index >= 15 is 0 Å². The largest absolute Gasteiger partial charge is 0.354 e. The van der Waals surface area contributed by atoms with Crippen LogP contribution < -0.4 is 4.90 Å². The second kappa shape index (κ2) is 5.04. The van der Waals surface area contributed by atoms with Crippen molar-refractivity contribution in [2.75, 3.05) is 18.0 Å². The molecule has 4 heterocycles. The lowest BCUT2D eigenvalue weighted by Gasteiger charge is -2.19. The van der Waals surface area contributed by atoms with Crippen LogP contribution in [0.2, 0.25) is 0 Å². The van der Waals surface area contributed by atoms with Gasteiger partial charge in [0.05, 0.1) is 22.8 Å². The summed E-state index contributed by atoms with van der Waals surface area (Å²) < 4.78 is 3.98. The van der Waals surface area contributed by atoms with Gasteiger partial charge in [0.2, 0.25) is 0 Å². The van der Waals surface area contributed by atoms with Crippen LogP contribution in [0.4, 0.5) is 5.82 Å². The molecule has 0 bridgehead atoms. The topological polar surface area (TPSA) is 64.7 Å². The first-order valence-electron chi connectivity index (χ1n) is 7.96. The Kier molecular flexibility index (Phi) is 3.11. The average molecular weight is 311 g/mol. The van der Waals surface area contributed by atoms with E-state index in [0.29, 0.717) is 6.04 Å². The number of hydrogen-bond acceptors (Lipinski definition) is 5. The summed E-state index contributed by atoms with van der Waals surface area (Å²) >= 11 is 0. The molecule has 0 aromatic carbocycles. The molecule has 0 amide bonds. The summed E-state index contributed by atoms with van der Waals surface area (Å²) in [4.78, 5) is 11.3. The van der Waals surface area contributed by atoms with Crippen LogP contribution in [0.3, 0.4) is 0 Å². The SMILES string of the molecule is Cc1cc(C)n([C@@H]2CCN(c3ncnc4c3c(C)nn4C)C2)n1. The molecule has 0 aliphatic carbocycles. The Morgan fingerprint density at radius 1 is 1.13 bits per heavy atom. The van der Waals surface area contributed by atoms with Gasteiger partial charge in [-0.05, 0) is 33.3 Å². The van der Waals surface area contributed by atoms with Gasteiger partial charge in [-0.25, -0.2) is 9.97 Å². The van der Waals surface area contributed by atoms with Crippen molar-refractivity contribution in [1.82, 2.24) is 29.5 Å². The van der Waals surface area contributed by atoms with E-state index in [1.165, 1.54) is 5.69 Å². The number of hydrogen-bond donors (Lipinski definition) is 0. The van der Waals surface area contributed by atoms with Gasteiger partial charge in [-0.15, -0.1) is 0 Å². The Balaban J connectivity index is 1.69. The molecule has 0 spiro atoms. The van der Waals surface area contributed by atoms with Crippen LogP contribution in [-0.4, -0.2) is 42.6 Å². The Morgan fingerprint density at radius 3 is 2.70 bits per heavy atom. The normalized spacial score (nSPS) is 18.3. The van der Waals surface area contributed by atoms with Crippen LogP contribution in [-0.2, 0) is 7.05 Å². The fraction of sp³-hybridized carbons (Fsp3) is 0.500. The molecule has 0 saturated carbocycles. The number of fused-ring (bicyclic) bond motifs is 1. The quantitative estimate of drug-likeness (QED) is 0.723. The van der Waals surface area contributed by atoms with Gasteiger partial charge in [0.15, 0.2) is 5.65 Å². The van der Waals surface area contributed by atoms with Crippen molar-refractivity contribution in [2.45, 2.75) is 33.2 Å². The molecule has 3 aromatic heterocycles. The van der Waals surface area contributed by atoms with E-state index in [1.54, 1.807) is 6.33 Å². The third kappa shape index (κ3) is 2.18. The molecule has 1 atom stereocenters. The van der Waals surface area contributed by atoms with E-state index in [0.717, 1.165) is 47.7 Å². The summed E-state index contributed by atoms with van der Waals surface area (Å²) in [6, 6.07) is 2.53. The minimum Gasteiger partial charge on any atom is -0.354 e. The zero-order valence-corrected chi connectivity index (χ0v) is 14.0. The molecule has 0 radical (unpaired) electrons. The van der Waals surface area contributed by atoms with Gasteiger partial charge in [-0.1, -0.05) is 0 Å². The predicted octanol–water partition coefficient (Wildman–Crippen LogP) is 1.94. The summed E-state index contributed by atoms with van der Waals surface area (Å²) in [6.07, 6.45) is 2.71. The predicted molar refractivity (Wildman–Crippen MR) is 88.6 cm³/mol. The highest BCUT2D eigenvalue weighted by Crippen LogP contribution is 2.31. The smallest absolute Gasteiger partial charge is 0.163 e. The highest BCUT2D eigenvalue weighted by atomic mass is 15.4. The molecule has 4 rings (SSSR count). The third-order valence-corrected chi connectivity index (χ3v) is 4.63. The number of aryl methyl sites for hydroxylation is 4. The molecule has 7 nitrogen and oxygen atoms in total. The van der Waals surface area contributed by atoms with Crippen molar-refractivity contribution < 1.29 is 0 Å². The van der Waals surface area contributed by atoms with Gasteiger partial charge < -0.3 is 4.90 Å². The molecule has 23 heavy (non-hydrogen) atoms. The zero-order chi connectivity index (χ0) is 16.1. The molecule has 1 aliphatic heterocycles. The Hall–Kier alpha value is -2.44. The van der Waals surface area contributed by atoms with Gasteiger partial charge in [0.25, 0.3) is 0 Å². The van der Waals surface area contributed by atoms with E-state index in [4.69, 9.17) is 0 Å². The average Bonchev–Trinajstić information content (AvgIpc) is 3.19. The summed E-state index contributed by atoms with van der Waals surface area (Å²) in [6.45, 7) is 8.08. The fourth-order valence-corrected chi connectivity index (χ4v) is 3.65.